The summed E-state index contributed by atoms with van der Waals surface area (Å²) >= 11 is 0. The molecule has 1 fully saturated rings. The van der Waals surface area contributed by atoms with Gasteiger partial charge in [0.25, 0.3) is 5.91 Å². The zero-order chi connectivity index (χ0) is 26.0. The van der Waals surface area contributed by atoms with Crippen molar-refractivity contribution in [3.05, 3.63) is 59.3 Å². The molecule has 1 aliphatic rings. The lowest BCUT2D eigenvalue weighted by atomic mass is 9.98. The molecule has 1 saturated heterocycles. The predicted molar refractivity (Wildman–Crippen MR) is 127 cm³/mol. The lowest BCUT2D eigenvalue weighted by Crippen LogP contribution is -2.51. The van der Waals surface area contributed by atoms with Gasteiger partial charge in [-0.1, -0.05) is 0 Å². The van der Waals surface area contributed by atoms with Gasteiger partial charge in [0, 0.05) is 61.8 Å². The molecule has 0 N–H and O–H groups in total. The van der Waals surface area contributed by atoms with E-state index < -0.39 is 6.36 Å². The fourth-order valence-corrected chi connectivity index (χ4v) is 4.31. The minimum absolute atomic E-state index is 0.0254. The first-order valence-corrected chi connectivity index (χ1v) is 11.7. The zero-order valence-electron chi connectivity index (χ0n) is 20.3. The van der Waals surface area contributed by atoms with E-state index in [0.29, 0.717) is 43.6 Å². The average molecular weight is 504 g/mol. The van der Waals surface area contributed by atoms with E-state index in [2.05, 4.69) is 9.84 Å². The molecule has 0 bridgehead atoms. The number of amides is 1. The van der Waals surface area contributed by atoms with Gasteiger partial charge in [-0.3, -0.25) is 14.3 Å². The molecule has 1 aromatic heterocycles. The normalized spacial score (nSPS) is 15.1. The minimum atomic E-state index is -4.77. The van der Waals surface area contributed by atoms with Crippen molar-refractivity contribution < 1.29 is 32.2 Å². The molecule has 10 heteroatoms. The number of aromatic nitrogens is 2. The zero-order valence-corrected chi connectivity index (χ0v) is 20.3. The molecular weight excluding hydrogens is 475 g/mol. The highest BCUT2D eigenvalue weighted by molar-refractivity contribution is 6.01. The summed E-state index contributed by atoms with van der Waals surface area (Å²) in [5, 5.41) is 5.51. The molecule has 36 heavy (non-hydrogen) atoms. The van der Waals surface area contributed by atoms with Crippen LogP contribution in [0, 0.1) is 12.8 Å². The number of likely N-dealkylation sites (tertiary alicyclic amines) is 1. The van der Waals surface area contributed by atoms with Crippen LogP contribution in [0.3, 0.4) is 0 Å². The molecule has 4 rings (SSSR count). The summed E-state index contributed by atoms with van der Waals surface area (Å²) < 4.78 is 47.8. The Morgan fingerprint density at radius 1 is 1.17 bits per heavy atom. The third-order valence-electron chi connectivity index (χ3n) is 6.40. The summed E-state index contributed by atoms with van der Waals surface area (Å²) in [6, 6.07) is 8.72. The van der Waals surface area contributed by atoms with Gasteiger partial charge in [0.15, 0.2) is 5.78 Å². The Hall–Kier alpha value is -3.40. The van der Waals surface area contributed by atoms with E-state index >= 15 is 0 Å². The smallest absolute Gasteiger partial charge is 0.406 e. The Bertz CT molecular complexity index is 1250. The van der Waals surface area contributed by atoms with E-state index in [1.807, 2.05) is 36.9 Å². The largest absolute Gasteiger partial charge is 0.573 e. The number of carbonyl (C=O) groups excluding carboxylic acids is 2. The summed E-state index contributed by atoms with van der Waals surface area (Å²) in [4.78, 5) is 27.0. The molecule has 192 valence electrons. The van der Waals surface area contributed by atoms with Gasteiger partial charge in [0.05, 0.1) is 11.6 Å². The predicted octanol–water partition coefficient (Wildman–Crippen LogP) is 5.01. The van der Waals surface area contributed by atoms with Gasteiger partial charge >= 0.3 is 6.36 Å². The monoisotopic (exact) mass is 503 g/mol. The van der Waals surface area contributed by atoms with Gasteiger partial charge in [0.1, 0.15) is 5.75 Å². The van der Waals surface area contributed by atoms with Crippen LogP contribution in [-0.4, -0.2) is 59.0 Å². The maximum atomic E-state index is 12.7. The van der Waals surface area contributed by atoms with Gasteiger partial charge in [-0.05, 0) is 62.2 Å². The summed E-state index contributed by atoms with van der Waals surface area (Å²) in [7, 11) is 1.63. The van der Waals surface area contributed by atoms with Gasteiger partial charge in [-0.2, -0.15) is 5.10 Å². The number of methoxy groups -OCH3 is 1. The van der Waals surface area contributed by atoms with E-state index in [1.165, 1.54) is 12.1 Å². The molecule has 0 radical (unpaired) electrons. The Labute approximate surface area is 206 Å². The Balaban J connectivity index is 1.34. The number of aryl methyl sites for hydroxylation is 1. The number of carbonyl (C=O) groups is 2. The highest BCUT2D eigenvalue weighted by atomic mass is 19.4. The highest BCUT2D eigenvalue weighted by Crippen LogP contribution is 2.26. The molecule has 7 nitrogen and oxygen atoms in total. The van der Waals surface area contributed by atoms with Crippen LogP contribution < -0.4 is 4.74 Å². The first-order chi connectivity index (χ1) is 17.0. The summed E-state index contributed by atoms with van der Waals surface area (Å²) in [6.07, 6.45) is -1.76. The van der Waals surface area contributed by atoms with E-state index in [-0.39, 0.29) is 29.5 Å². The van der Waals surface area contributed by atoms with E-state index in [9.17, 15) is 22.8 Å². The fraction of sp³-hybridized carbons (Fsp3) is 0.423. The molecule has 0 spiro atoms. The van der Waals surface area contributed by atoms with Crippen LogP contribution in [0.15, 0.2) is 42.6 Å². The number of benzene rings is 2. The van der Waals surface area contributed by atoms with Crippen LogP contribution >= 0.6 is 0 Å². The highest BCUT2D eigenvalue weighted by Gasteiger charge is 2.33. The van der Waals surface area contributed by atoms with Crippen molar-refractivity contribution in [2.75, 3.05) is 20.2 Å². The van der Waals surface area contributed by atoms with E-state index in [4.69, 9.17) is 4.74 Å². The summed E-state index contributed by atoms with van der Waals surface area (Å²) in [5.74, 6) is -0.320. The van der Waals surface area contributed by atoms with Crippen LogP contribution in [-0.2, 0) is 11.3 Å². The Morgan fingerprint density at radius 3 is 2.50 bits per heavy atom. The molecule has 0 aliphatic carbocycles. The maximum absolute atomic E-state index is 12.7. The second kappa shape index (κ2) is 10.3. The lowest BCUT2D eigenvalue weighted by Gasteiger charge is -2.39. The number of Topliss-reactive ketones (excluding diaryl/α,β-unsaturated/α-hetero) is 1. The number of ether oxygens (including phenoxy) is 2. The van der Waals surface area contributed by atoms with Crippen LogP contribution in [0.1, 0.15) is 46.0 Å². The standard InChI is InChI=1S/C26H28F3N3O4/c1-16-10-23-20(11-22(16)24(33)9-4-17(2)35-3)15-32(30-23)14-18-12-31(13-18)25(34)19-5-7-21(8-6-19)36-26(27,28)29/h5-8,10-11,15,17-18H,4,9,12-14H2,1-3H3. The molecular formula is C26H28F3N3O4. The minimum Gasteiger partial charge on any atom is -0.406 e. The quantitative estimate of drug-likeness (QED) is 0.384. The first-order valence-electron chi connectivity index (χ1n) is 11.7. The van der Waals surface area contributed by atoms with Crippen molar-refractivity contribution in [1.29, 1.82) is 0 Å². The molecule has 2 heterocycles. The van der Waals surface area contributed by atoms with Gasteiger partial charge in [0.2, 0.25) is 0 Å². The van der Waals surface area contributed by atoms with Crippen molar-refractivity contribution >= 4 is 22.6 Å². The van der Waals surface area contributed by atoms with E-state index in [1.54, 1.807) is 12.0 Å². The summed E-state index contributed by atoms with van der Waals surface area (Å²) in [5.41, 5.74) is 2.69. The average Bonchev–Trinajstić information content (AvgIpc) is 3.19. The number of alkyl halides is 3. The van der Waals surface area contributed by atoms with E-state index in [0.717, 1.165) is 28.6 Å². The number of ketones is 1. The van der Waals surface area contributed by atoms with Crippen molar-refractivity contribution in [3.63, 3.8) is 0 Å². The number of hydrogen-bond donors (Lipinski definition) is 0. The number of fused-ring (bicyclic) bond motifs is 1. The second-order valence-corrected chi connectivity index (χ2v) is 9.23. The van der Waals surface area contributed by atoms with Gasteiger partial charge < -0.3 is 14.4 Å². The maximum Gasteiger partial charge on any atom is 0.573 e. The topological polar surface area (TPSA) is 73.7 Å². The van der Waals surface area contributed by atoms with Crippen molar-refractivity contribution in [2.45, 2.75) is 45.7 Å². The summed E-state index contributed by atoms with van der Waals surface area (Å²) in [6.45, 7) is 5.51. The van der Waals surface area contributed by atoms with Crippen LogP contribution in [0.4, 0.5) is 13.2 Å². The molecule has 3 aromatic rings. The van der Waals surface area contributed by atoms with Gasteiger partial charge in [-0.15, -0.1) is 13.2 Å². The molecule has 1 aliphatic heterocycles. The lowest BCUT2D eigenvalue weighted by molar-refractivity contribution is -0.274. The van der Waals surface area contributed by atoms with Gasteiger partial charge in [-0.25, -0.2) is 0 Å². The Kier molecular flexibility index (Phi) is 7.35. The third-order valence-corrected chi connectivity index (χ3v) is 6.40. The SMILES string of the molecule is COC(C)CCC(=O)c1cc2cn(CC3CN(C(=O)c4ccc(OC(F)(F)F)cc4)C3)nc2cc1C. The molecule has 0 saturated carbocycles. The molecule has 1 unspecified atom stereocenters. The third kappa shape index (κ3) is 6.04. The van der Waals surface area contributed by atoms with Crippen molar-refractivity contribution in [1.82, 2.24) is 14.7 Å². The van der Waals surface area contributed by atoms with Crippen LogP contribution in [0.5, 0.6) is 5.75 Å². The molecule has 2 aromatic carbocycles. The number of halogens is 3. The van der Waals surface area contributed by atoms with Crippen molar-refractivity contribution in [2.24, 2.45) is 5.92 Å². The molecule has 1 atom stereocenters. The van der Waals surface area contributed by atoms with Crippen molar-refractivity contribution in [3.8, 4) is 5.75 Å². The molecule has 1 amide bonds. The second-order valence-electron chi connectivity index (χ2n) is 9.23. The number of nitrogens with zero attached hydrogens (tertiary/aromatic N) is 3. The Morgan fingerprint density at radius 2 is 1.86 bits per heavy atom. The number of hydrogen-bond acceptors (Lipinski definition) is 5. The number of rotatable bonds is 9. The van der Waals surface area contributed by atoms with Crippen LogP contribution in [0.2, 0.25) is 0 Å². The first kappa shape index (κ1) is 25.7. The van der Waals surface area contributed by atoms with Crippen LogP contribution in [0.25, 0.3) is 10.9 Å². The fourth-order valence-electron chi connectivity index (χ4n) is 4.31.